The van der Waals surface area contributed by atoms with Crippen LogP contribution in [0.15, 0.2) is 48.7 Å². The molecule has 1 aromatic heterocycles. The largest absolute Gasteiger partial charge is 0.490 e. The number of para-hydroxylation sites is 1. The second-order valence-electron chi connectivity index (χ2n) is 8.36. The van der Waals surface area contributed by atoms with E-state index in [2.05, 4.69) is 12.1 Å². The molecule has 0 bridgehead atoms. The van der Waals surface area contributed by atoms with Gasteiger partial charge in [-0.1, -0.05) is 35.9 Å². The normalized spacial score (nSPS) is 13.6. The summed E-state index contributed by atoms with van der Waals surface area (Å²) in [6.45, 7) is 7.66. The van der Waals surface area contributed by atoms with E-state index in [1.54, 1.807) is 0 Å². The van der Waals surface area contributed by atoms with Crippen molar-refractivity contribution in [2.75, 3.05) is 32.8 Å². The van der Waals surface area contributed by atoms with Crippen LogP contribution in [0.2, 0.25) is 0 Å². The van der Waals surface area contributed by atoms with Crippen LogP contribution in [0, 0.1) is 20.8 Å². The number of aryl methyl sites for hydroxylation is 3. The number of benzene rings is 2. The first-order valence-electron chi connectivity index (χ1n) is 10.8. The van der Waals surface area contributed by atoms with E-state index < -0.39 is 12.2 Å². The van der Waals surface area contributed by atoms with E-state index in [1.165, 1.54) is 5.56 Å². The predicted octanol–water partition coefficient (Wildman–Crippen LogP) is 2.66. The van der Waals surface area contributed by atoms with Crippen LogP contribution in [0.3, 0.4) is 0 Å². The van der Waals surface area contributed by atoms with Gasteiger partial charge in [0, 0.05) is 37.9 Å². The molecule has 0 aliphatic heterocycles. The summed E-state index contributed by atoms with van der Waals surface area (Å²) in [6, 6.07) is 14.2. The molecule has 2 aromatic carbocycles. The minimum Gasteiger partial charge on any atom is -0.490 e. The highest BCUT2D eigenvalue weighted by Crippen LogP contribution is 2.24. The highest BCUT2D eigenvalue weighted by Gasteiger charge is 2.18. The third kappa shape index (κ3) is 6.31. The van der Waals surface area contributed by atoms with E-state index in [0.717, 1.165) is 27.8 Å². The van der Waals surface area contributed by atoms with Crippen LogP contribution in [0.4, 0.5) is 0 Å². The molecule has 3 aromatic rings. The molecule has 0 aliphatic rings. The molecule has 0 saturated carbocycles. The van der Waals surface area contributed by atoms with Gasteiger partial charge < -0.3 is 24.6 Å². The Hall–Kier alpha value is -2.38. The monoisotopic (exact) mass is 426 g/mol. The highest BCUT2D eigenvalue weighted by molar-refractivity contribution is 5.79. The lowest BCUT2D eigenvalue weighted by Gasteiger charge is -2.27. The molecule has 168 valence electrons. The lowest BCUT2D eigenvalue weighted by atomic mass is 10.1. The molecule has 6 nitrogen and oxygen atoms in total. The van der Waals surface area contributed by atoms with E-state index in [0.29, 0.717) is 26.2 Å². The Morgan fingerprint density at radius 3 is 2.35 bits per heavy atom. The number of nitrogens with zero attached hydrogens (tertiary/aromatic N) is 2. The van der Waals surface area contributed by atoms with Gasteiger partial charge in [-0.05, 0) is 49.4 Å². The molecule has 0 fully saturated rings. The van der Waals surface area contributed by atoms with E-state index >= 15 is 0 Å². The summed E-state index contributed by atoms with van der Waals surface area (Å²) >= 11 is 0. The van der Waals surface area contributed by atoms with Gasteiger partial charge >= 0.3 is 0 Å². The second-order valence-corrected chi connectivity index (χ2v) is 8.36. The SMILES string of the molecule is Cc1cc(C)c(OCC(O)CN(CCO)CC(O)Cn2ccc3ccccc32)c(C)c1. The van der Waals surface area contributed by atoms with Crippen LogP contribution in [0.5, 0.6) is 5.75 Å². The molecule has 2 atom stereocenters. The van der Waals surface area contributed by atoms with Gasteiger partial charge in [-0.15, -0.1) is 0 Å². The first-order chi connectivity index (χ1) is 14.9. The van der Waals surface area contributed by atoms with Gasteiger partial charge in [-0.2, -0.15) is 0 Å². The maximum absolute atomic E-state index is 10.6. The molecule has 1 heterocycles. The Balaban J connectivity index is 1.55. The zero-order valence-electron chi connectivity index (χ0n) is 18.7. The minimum absolute atomic E-state index is 0.0388. The summed E-state index contributed by atoms with van der Waals surface area (Å²) < 4.78 is 7.92. The lowest BCUT2D eigenvalue weighted by molar-refractivity contribution is 0.0349. The molecule has 6 heteroatoms. The number of ether oxygens (including phenoxy) is 1. The van der Waals surface area contributed by atoms with Crippen molar-refractivity contribution in [1.82, 2.24) is 9.47 Å². The third-order valence-electron chi connectivity index (χ3n) is 5.47. The number of aromatic nitrogens is 1. The molecule has 31 heavy (non-hydrogen) atoms. The Morgan fingerprint density at radius 1 is 0.968 bits per heavy atom. The summed E-state index contributed by atoms with van der Waals surface area (Å²) in [5.74, 6) is 0.804. The zero-order valence-corrected chi connectivity index (χ0v) is 18.7. The zero-order chi connectivity index (χ0) is 22.4. The quantitative estimate of drug-likeness (QED) is 0.439. The van der Waals surface area contributed by atoms with Crippen molar-refractivity contribution >= 4 is 10.9 Å². The van der Waals surface area contributed by atoms with E-state index in [9.17, 15) is 15.3 Å². The van der Waals surface area contributed by atoms with Gasteiger partial charge in [0.2, 0.25) is 0 Å². The first-order valence-corrected chi connectivity index (χ1v) is 10.8. The maximum atomic E-state index is 10.6. The Bertz CT molecular complexity index is 962. The molecule has 2 unspecified atom stereocenters. The topological polar surface area (TPSA) is 78.1 Å². The van der Waals surface area contributed by atoms with Crippen LogP contribution >= 0.6 is 0 Å². The van der Waals surface area contributed by atoms with Gasteiger partial charge in [0.1, 0.15) is 18.5 Å². The standard InChI is InChI=1S/C25H34N2O4/c1-18-12-19(2)25(20(3)13-18)31-17-23(30)15-26(10-11-28)14-22(29)16-27-9-8-21-6-4-5-7-24(21)27/h4-9,12-13,22-23,28-30H,10-11,14-17H2,1-3H3. The molecule has 0 spiro atoms. The second kappa shape index (κ2) is 10.8. The number of hydrogen-bond acceptors (Lipinski definition) is 5. The molecular weight excluding hydrogens is 392 g/mol. The van der Waals surface area contributed by atoms with Gasteiger partial charge in [0.15, 0.2) is 0 Å². The number of rotatable bonds is 11. The summed E-state index contributed by atoms with van der Waals surface area (Å²) in [4.78, 5) is 1.87. The third-order valence-corrected chi connectivity index (χ3v) is 5.47. The maximum Gasteiger partial charge on any atom is 0.125 e. The van der Waals surface area contributed by atoms with Crippen LogP contribution in [0.25, 0.3) is 10.9 Å². The fourth-order valence-corrected chi connectivity index (χ4v) is 4.21. The van der Waals surface area contributed by atoms with Crippen molar-refractivity contribution in [3.8, 4) is 5.75 Å². The van der Waals surface area contributed by atoms with E-state index in [4.69, 9.17) is 4.74 Å². The summed E-state index contributed by atoms with van der Waals surface area (Å²) in [7, 11) is 0. The first kappa shape index (κ1) is 23.3. The lowest BCUT2D eigenvalue weighted by Crippen LogP contribution is -2.42. The summed E-state index contributed by atoms with van der Waals surface area (Å²) in [5.41, 5.74) is 4.35. The Morgan fingerprint density at radius 2 is 1.65 bits per heavy atom. The predicted molar refractivity (Wildman–Crippen MR) is 124 cm³/mol. The van der Waals surface area contributed by atoms with E-state index in [1.807, 2.05) is 66.8 Å². The van der Waals surface area contributed by atoms with Gasteiger partial charge in [0.05, 0.1) is 12.7 Å². The number of hydrogen-bond donors (Lipinski definition) is 3. The van der Waals surface area contributed by atoms with Crippen molar-refractivity contribution in [1.29, 1.82) is 0 Å². The van der Waals surface area contributed by atoms with Crippen molar-refractivity contribution in [3.63, 3.8) is 0 Å². The van der Waals surface area contributed by atoms with Crippen molar-refractivity contribution in [3.05, 3.63) is 65.4 Å². The number of aliphatic hydroxyl groups is 3. The van der Waals surface area contributed by atoms with Gasteiger partial charge in [0.25, 0.3) is 0 Å². The Kier molecular flexibility index (Phi) is 8.09. The molecule has 3 rings (SSSR count). The van der Waals surface area contributed by atoms with Crippen molar-refractivity contribution in [2.45, 2.75) is 39.5 Å². The van der Waals surface area contributed by atoms with Crippen LogP contribution in [-0.4, -0.2) is 69.8 Å². The average Bonchev–Trinajstić information content (AvgIpc) is 3.10. The van der Waals surface area contributed by atoms with E-state index in [-0.39, 0.29) is 13.2 Å². The number of aliphatic hydroxyl groups excluding tert-OH is 3. The van der Waals surface area contributed by atoms with Crippen LogP contribution < -0.4 is 4.74 Å². The number of fused-ring (bicyclic) bond motifs is 1. The van der Waals surface area contributed by atoms with Gasteiger partial charge in [-0.3, -0.25) is 4.90 Å². The molecule has 0 saturated heterocycles. The molecule has 0 amide bonds. The Labute approximate surface area is 184 Å². The summed E-state index contributed by atoms with van der Waals surface area (Å²) in [5, 5.41) is 31.7. The molecule has 0 aliphatic carbocycles. The minimum atomic E-state index is -0.730. The highest BCUT2D eigenvalue weighted by atomic mass is 16.5. The average molecular weight is 427 g/mol. The summed E-state index contributed by atoms with van der Waals surface area (Å²) in [6.07, 6.45) is 0.613. The smallest absolute Gasteiger partial charge is 0.125 e. The fraction of sp³-hybridized carbons (Fsp3) is 0.440. The molecule has 3 N–H and O–H groups in total. The van der Waals surface area contributed by atoms with Crippen molar-refractivity contribution < 1.29 is 20.1 Å². The fourth-order valence-electron chi connectivity index (χ4n) is 4.21. The molecule has 0 radical (unpaired) electrons. The van der Waals surface area contributed by atoms with Crippen LogP contribution in [-0.2, 0) is 6.54 Å². The van der Waals surface area contributed by atoms with Crippen molar-refractivity contribution in [2.24, 2.45) is 0 Å². The van der Waals surface area contributed by atoms with Gasteiger partial charge in [-0.25, -0.2) is 0 Å². The molecular formula is C25H34N2O4. The van der Waals surface area contributed by atoms with Crippen LogP contribution in [0.1, 0.15) is 16.7 Å².